The number of nitrogens with one attached hydrogen (secondary N) is 4. The van der Waals surface area contributed by atoms with Gasteiger partial charge in [0.15, 0.2) is 0 Å². The maximum atomic E-state index is 12.5. The number of carbonyl (C=O) groups is 4. The van der Waals surface area contributed by atoms with Crippen LogP contribution < -0.4 is 36.5 Å². The van der Waals surface area contributed by atoms with Crippen LogP contribution in [0.4, 0.5) is 19.2 Å². The van der Waals surface area contributed by atoms with E-state index in [0.29, 0.717) is 11.5 Å². The standard InChI is InChI=1S/C39H59N7O10/c1-36(2,3)53-32(47)43-30(44-33(48)54-37(4,5)6)41-18-20-51-27-15-13-14-26(23-27)28-17-16-25(24-40)22-29(28)52-21-19-42-31(45-34(49)55-38(7,8)9)46-35(50)56-39(10,11)12/h13-17,22-23H,18-21,24,40H2,1-12H3,(H2,41,43,44,47,48)(H2,42,45,46,49,50). The Morgan fingerprint density at radius 3 is 1.38 bits per heavy atom. The molecule has 0 atom stereocenters. The number of guanidine groups is 2. The maximum Gasteiger partial charge on any atom is 0.414 e. The second kappa shape index (κ2) is 20.4. The van der Waals surface area contributed by atoms with Gasteiger partial charge in [-0.25, -0.2) is 29.2 Å². The zero-order valence-corrected chi connectivity index (χ0v) is 34.6. The van der Waals surface area contributed by atoms with E-state index in [9.17, 15) is 19.2 Å². The predicted octanol–water partition coefficient (Wildman–Crippen LogP) is 6.38. The van der Waals surface area contributed by atoms with Crippen molar-refractivity contribution in [1.29, 1.82) is 0 Å². The summed E-state index contributed by atoms with van der Waals surface area (Å²) < 4.78 is 33.3. The molecular formula is C39H59N7O10. The molecular weight excluding hydrogens is 726 g/mol. The Labute approximate surface area is 329 Å². The molecule has 0 aliphatic rings. The molecule has 0 radical (unpaired) electrons. The van der Waals surface area contributed by atoms with E-state index in [1.807, 2.05) is 36.4 Å². The van der Waals surface area contributed by atoms with E-state index in [1.165, 1.54) is 0 Å². The van der Waals surface area contributed by atoms with Crippen molar-refractivity contribution in [3.63, 3.8) is 0 Å². The molecule has 0 saturated heterocycles. The Morgan fingerprint density at radius 1 is 0.571 bits per heavy atom. The summed E-state index contributed by atoms with van der Waals surface area (Å²) in [4.78, 5) is 58.3. The molecule has 56 heavy (non-hydrogen) atoms. The third-order valence-electron chi connectivity index (χ3n) is 6.15. The van der Waals surface area contributed by atoms with E-state index in [4.69, 9.17) is 34.2 Å². The number of amides is 4. The van der Waals surface area contributed by atoms with Crippen LogP contribution in [0.5, 0.6) is 11.5 Å². The first-order chi connectivity index (χ1) is 25.8. The lowest BCUT2D eigenvalue weighted by Crippen LogP contribution is -2.47. The molecule has 0 unspecified atom stereocenters. The first kappa shape index (κ1) is 46.6. The minimum absolute atomic E-state index is 0.0322. The van der Waals surface area contributed by atoms with Crippen molar-refractivity contribution in [3.8, 4) is 22.6 Å². The van der Waals surface area contributed by atoms with Crippen LogP contribution in [0.3, 0.4) is 0 Å². The highest BCUT2D eigenvalue weighted by atomic mass is 16.6. The number of benzene rings is 2. The van der Waals surface area contributed by atoms with Gasteiger partial charge in [0, 0.05) is 12.1 Å². The summed E-state index contributed by atoms with van der Waals surface area (Å²) in [6, 6.07) is 12.9. The van der Waals surface area contributed by atoms with Crippen molar-refractivity contribution >= 4 is 36.3 Å². The van der Waals surface area contributed by atoms with Crippen molar-refractivity contribution in [1.82, 2.24) is 21.3 Å². The number of aliphatic imine (C=N–C) groups is 2. The lowest BCUT2D eigenvalue weighted by Gasteiger charge is -2.22. The first-order valence-corrected chi connectivity index (χ1v) is 18.1. The Morgan fingerprint density at radius 2 is 0.982 bits per heavy atom. The lowest BCUT2D eigenvalue weighted by molar-refractivity contribution is 0.0521. The number of hydrogen-bond donors (Lipinski definition) is 5. The van der Waals surface area contributed by atoms with E-state index < -0.39 is 46.8 Å². The fourth-order valence-electron chi connectivity index (χ4n) is 4.26. The molecule has 310 valence electrons. The van der Waals surface area contributed by atoms with Crippen LogP contribution in [0.2, 0.25) is 0 Å². The zero-order chi connectivity index (χ0) is 42.3. The van der Waals surface area contributed by atoms with Crippen LogP contribution in [-0.2, 0) is 25.5 Å². The van der Waals surface area contributed by atoms with Gasteiger partial charge in [-0.15, -0.1) is 0 Å². The second-order valence-corrected chi connectivity index (χ2v) is 16.2. The Hall–Kier alpha value is -5.58. The number of nitrogens with two attached hydrogens (primary N) is 1. The van der Waals surface area contributed by atoms with Gasteiger partial charge in [-0.3, -0.25) is 21.3 Å². The molecule has 0 fully saturated rings. The minimum Gasteiger partial charge on any atom is -0.492 e. The largest absolute Gasteiger partial charge is 0.492 e. The van der Waals surface area contributed by atoms with Crippen LogP contribution >= 0.6 is 0 Å². The van der Waals surface area contributed by atoms with Crippen molar-refractivity contribution in [2.24, 2.45) is 15.7 Å². The van der Waals surface area contributed by atoms with Crippen molar-refractivity contribution in [2.75, 3.05) is 26.3 Å². The highest BCUT2D eigenvalue weighted by molar-refractivity contribution is 6.02. The molecule has 2 rings (SSSR count). The number of carbonyl (C=O) groups excluding carboxylic acids is 4. The molecule has 17 nitrogen and oxygen atoms in total. The average molecular weight is 786 g/mol. The number of hydrogen-bond acceptors (Lipinski definition) is 13. The van der Waals surface area contributed by atoms with Crippen LogP contribution in [-0.4, -0.2) is 85.0 Å². The summed E-state index contributed by atoms with van der Waals surface area (Å²) in [6.45, 7) is 21.0. The fourth-order valence-corrected chi connectivity index (χ4v) is 4.26. The summed E-state index contributed by atoms with van der Waals surface area (Å²) >= 11 is 0. The number of ether oxygens (including phenoxy) is 6. The summed E-state index contributed by atoms with van der Waals surface area (Å²) in [5.41, 5.74) is 5.15. The van der Waals surface area contributed by atoms with E-state index >= 15 is 0 Å². The third-order valence-corrected chi connectivity index (χ3v) is 6.15. The van der Waals surface area contributed by atoms with E-state index in [1.54, 1.807) is 89.2 Å². The lowest BCUT2D eigenvalue weighted by atomic mass is 10.0. The molecule has 0 bridgehead atoms. The summed E-state index contributed by atoms with van der Waals surface area (Å²) in [7, 11) is 0. The molecule has 6 N–H and O–H groups in total. The molecule has 17 heteroatoms. The van der Waals surface area contributed by atoms with E-state index in [-0.39, 0.29) is 44.8 Å². The van der Waals surface area contributed by atoms with Crippen molar-refractivity contribution in [2.45, 2.75) is 112 Å². The quantitative estimate of drug-likeness (QED) is 0.0769. The zero-order valence-electron chi connectivity index (χ0n) is 34.6. The van der Waals surface area contributed by atoms with E-state index in [2.05, 4.69) is 31.3 Å². The Bertz CT molecular complexity index is 1650. The van der Waals surface area contributed by atoms with Gasteiger partial charge in [-0.05, 0) is 112 Å². The molecule has 0 aromatic heterocycles. The number of nitrogens with zero attached hydrogens (tertiary/aromatic N) is 2. The normalized spacial score (nSPS) is 11.6. The van der Waals surface area contributed by atoms with Crippen LogP contribution in [0, 0.1) is 0 Å². The van der Waals surface area contributed by atoms with Gasteiger partial charge in [-0.2, -0.15) is 0 Å². The Balaban J connectivity index is 2.21. The van der Waals surface area contributed by atoms with Crippen LogP contribution in [0.25, 0.3) is 11.1 Å². The smallest absolute Gasteiger partial charge is 0.414 e. The first-order valence-electron chi connectivity index (χ1n) is 18.1. The molecule has 0 aliphatic heterocycles. The van der Waals surface area contributed by atoms with E-state index in [0.717, 1.165) is 16.7 Å². The van der Waals surface area contributed by atoms with Crippen molar-refractivity contribution < 1.29 is 47.6 Å². The maximum absolute atomic E-state index is 12.5. The van der Waals surface area contributed by atoms with Gasteiger partial charge < -0.3 is 34.2 Å². The highest BCUT2D eigenvalue weighted by Crippen LogP contribution is 2.33. The molecule has 0 saturated carbocycles. The summed E-state index contributed by atoms with van der Waals surface area (Å²) in [5.74, 6) is 0.697. The van der Waals surface area contributed by atoms with Crippen molar-refractivity contribution in [3.05, 3.63) is 48.0 Å². The molecule has 0 aliphatic carbocycles. The third kappa shape index (κ3) is 20.2. The molecule has 0 spiro atoms. The topological polar surface area (TPSA) is 223 Å². The molecule has 2 aromatic carbocycles. The van der Waals surface area contributed by atoms with Gasteiger partial charge in [0.05, 0.1) is 13.1 Å². The average Bonchev–Trinajstić information content (AvgIpc) is 3.01. The van der Waals surface area contributed by atoms with Crippen LogP contribution in [0.15, 0.2) is 52.4 Å². The van der Waals surface area contributed by atoms with Crippen LogP contribution in [0.1, 0.15) is 88.6 Å². The summed E-state index contributed by atoms with van der Waals surface area (Å²) in [5, 5.41) is 9.76. The van der Waals surface area contributed by atoms with Gasteiger partial charge in [0.2, 0.25) is 11.9 Å². The van der Waals surface area contributed by atoms with Gasteiger partial charge in [0.25, 0.3) is 0 Å². The fraction of sp³-hybridized carbons (Fsp3) is 0.538. The van der Waals surface area contributed by atoms with Gasteiger partial charge in [-0.1, -0.05) is 24.3 Å². The SMILES string of the molecule is CC(C)(C)OC(=O)NC(=NCCOc1cccc(-c2ccc(CN)cc2OCCN=C(NC(=O)OC(C)(C)C)NC(=O)OC(C)(C)C)c1)NC(=O)OC(C)(C)C. The van der Waals surface area contributed by atoms with Gasteiger partial charge in [0.1, 0.15) is 47.1 Å². The molecule has 0 heterocycles. The Kier molecular flexibility index (Phi) is 16.9. The summed E-state index contributed by atoms with van der Waals surface area (Å²) in [6.07, 6.45) is -3.23. The second-order valence-electron chi connectivity index (χ2n) is 16.2. The molecule has 2 aromatic rings. The highest BCUT2D eigenvalue weighted by Gasteiger charge is 2.23. The predicted molar refractivity (Wildman–Crippen MR) is 213 cm³/mol. The number of alkyl carbamates (subject to hydrolysis) is 4. The monoisotopic (exact) mass is 785 g/mol. The van der Waals surface area contributed by atoms with Gasteiger partial charge >= 0.3 is 24.4 Å². The number of rotatable bonds is 10. The molecule has 4 amide bonds. The minimum atomic E-state index is -0.810.